The van der Waals surface area contributed by atoms with Crippen LogP contribution in [0.15, 0.2) is 54.6 Å². The molecule has 1 amide bonds. The van der Waals surface area contributed by atoms with Gasteiger partial charge in [0.2, 0.25) is 5.91 Å². The maximum Gasteiger partial charge on any atom is 0.237 e. The van der Waals surface area contributed by atoms with E-state index in [1.165, 1.54) is 12.1 Å². The van der Waals surface area contributed by atoms with Gasteiger partial charge in [-0.15, -0.1) is 0 Å². The predicted molar refractivity (Wildman–Crippen MR) is 81.2 cm³/mol. The number of benzene rings is 2. The summed E-state index contributed by atoms with van der Waals surface area (Å²) in [5.74, 6) is -0.449. The Kier molecular flexibility index (Phi) is 5.46. The highest BCUT2D eigenvalue weighted by atomic mass is 19.1. The molecule has 0 spiro atoms. The van der Waals surface area contributed by atoms with E-state index in [-0.39, 0.29) is 11.7 Å². The molecule has 3 N–H and O–H groups in total. The number of halogens is 1. The Morgan fingerprint density at radius 1 is 1.10 bits per heavy atom. The smallest absolute Gasteiger partial charge is 0.237 e. The second-order valence-electron chi connectivity index (χ2n) is 4.97. The Hall–Kier alpha value is -2.20. The van der Waals surface area contributed by atoms with Crippen molar-refractivity contribution in [1.29, 1.82) is 0 Å². The van der Waals surface area contributed by atoms with Gasteiger partial charge in [0.25, 0.3) is 0 Å². The largest absolute Gasteiger partial charge is 0.354 e. The summed E-state index contributed by atoms with van der Waals surface area (Å²) in [6.07, 6.45) is 1.09. The maximum absolute atomic E-state index is 13.0. The average Bonchev–Trinajstić information content (AvgIpc) is 2.48. The first kappa shape index (κ1) is 15.2. The third-order valence-electron chi connectivity index (χ3n) is 3.24. The highest BCUT2D eigenvalue weighted by Crippen LogP contribution is 2.04. The molecule has 110 valence electrons. The van der Waals surface area contributed by atoms with Crippen molar-refractivity contribution in [3.8, 4) is 0 Å². The molecule has 2 aromatic rings. The van der Waals surface area contributed by atoms with Gasteiger partial charge in [0.05, 0.1) is 6.04 Å². The molecule has 0 fully saturated rings. The van der Waals surface area contributed by atoms with Crippen molar-refractivity contribution in [2.45, 2.75) is 18.9 Å². The molecule has 0 unspecified atom stereocenters. The Morgan fingerprint density at radius 2 is 1.81 bits per heavy atom. The van der Waals surface area contributed by atoms with Gasteiger partial charge in [0, 0.05) is 6.54 Å². The fourth-order valence-corrected chi connectivity index (χ4v) is 2.11. The van der Waals surface area contributed by atoms with E-state index >= 15 is 0 Å². The van der Waals surface area contributed by atoms with Gasteiger partial charge in [0.1, 0.15) is 5.82 Å². The molecule has 0 aliphatic rings. The summed E-state index contributed by atoms with van der Waals surface area (Å²) < 4.78 is 13.0. The van der Waals surface area contributed by atoms with Crippen LogP contribution in [-0.2, 0) is 17.6 Å². The Labute approximate surface area is 124 Å². The molecule has 1 atom stereocenters. The van der Waals surface area contributed by atoms with E-state index in [4.69, 9.17) is 5.73 Å². The van der Waals surface area contributed by atoms with Crippen molar-refractivity contribution < 1.29 is 9.18 Å². The number of amides is 1. The molecule has 0 radical (unpaired) electrons. The topological polar surface area (TPSA) is 55.1 Å². The quantitative estimate of drug-likeness (QED) is 0.854. The lowest BCUT2D eigenvalue weighted by Crippen LogP contribution is -2.42. The summed E-state index contributed by atoms with van der Waals surface area (Å²) in [4.78, 5) is 11.9. The maximum atomic E-state index is 13.0. The molecular formula is C17H19FN2O. The van der Waals surface area contributed by atoms with Crippen LogP contribution in [-0.4, -0.2) is 18.5 Å². The Bertz CT molecular complexity index is 586. The van der Waals surface area contributed by atoms with Crippen LogP contribution in [0.5, 0.6) is 0 Å². The number of nitrogens with one attached hydrogen (secondary N) is 1. The van der Waals surface area contributed by atoms with Crippen LogP contribution in [0.3, 0.4) is 0 Å². The first-order valence-corrected chi connectivity index (χ1v) is 6.97. The molecule has 0 heterocycles. The summed E-state index contributed by atoms with van der Waals surface area (Å²) in [7, 11) is 0. The zero-order valence-corrected chi connectivity index (χ0v) is 11.8. The minimum Gasteiger partial charge on any atom is -0.354 e. The van der Waals surface area contributed by atoms with Gasteiger partial charge in [-0.25, -0.2) is 4.39 Å². The molecule has 2 rings (SSSR count). The monoisotopic (exact) mass is 286 g/mol. The summed E-state index contributed by atoms with van der Waals surface area (Å²) in [6, 6.07) is 15.4. The van der Waals surface area contributed by atoms with Crippen LogP contribution in [0, 0.1) is 5.82 Å². The van der Waals surface area contributed by atoms with Crippen LogP contribution in [0.2, 0.25) is 0 Å². The number of carbonyl (C=O) groups excluding carboxylic acids is 1. The van der Waals surface area contributed by atoms with Gasteiger partial charge >= 0.3 is 0 Å². The number of hydrogen-bond donors (Lipinski definition) is 2. The van der Waals surface area contributed by atoms with Gasteiger partial charge in [-0.3, -0.25) is 4.79 Å². The summed E-state index contributed by atoms with van der Waals surface area (Å²) in [5, 5.41) is 2.78. The fourth-order valence-electron chi connectivity index (χ4n) is 2.11. The van der Waals surface area contributed by atoms with Crippen molar-refractivity contribution in [3.05, 3.63) is 71.5 Å². The Morgan fingerprint density at radius 3 is 2.52 bits per heavy atom. The molecule has 0 aliphatic carbocycles. The van der Waals surface area contributed by atoms with Crippen molar-refractivity contribution in [2.24, 2.45) is 5.73 Å². The molecule has 2 aromatic carbocycles. The average molecular weight is 286 g/mol. The zero-order chi connectivity index (χ0) is 15.1. The van der Waals surface area contributed by atoms with Gasteiger partial charge in [0.15, 0.2) is 0 Å². The number of nitrogens with two attached hydrogens (primary N) is 1. The standard InChI is InChI=1S/C17H19FN2O/c18-15-8-4-7-14(11-15)9-10-20-17(21)16(19)12-13-5-2-1-3-6-13/h1-8,11,16H,9-10,12,19H2,(H,20,21)/t16-/m0/s1. The van der Waals surface area contributed by atoms with Crippen LogP contribution in [0.4, 0.5) is 4.39 Å². The van der Waals surface area contributed by atoms with Crippen LogP contribution >= 0.6 is 0 Å². The van der Waals surface area contributed by atoms with E-state index in [0.29, 0.717) is 19.4 Å². The molecule has 0 saturated carbocycles. The number of rotatable bonds is 6. The Balaban J connectivity index is 1.76. The molecular weight excluding hydrogens is 267 g/mol. The van der Waals surface area contributed by atoms with Crippen molar-refractivity contribution in [2.75, 3.05) is 6.54 Å². The summed E-state index contributed by atoms with van der Waals surface area (Å²) >= 11 is 0. The minimum absolute atomic E-state index is 0.185. The lowest BCUT2D eigenvalue weighted by atomic mass is 10.1. The van der Waals surface area contributed by atoms with Crippen molar-refractivity contribution in [3.63, 3.8) is 0 Å². The van der Waals surface area contributed by atoms with Crippen LogP contribution in [0.1, 0.15) is 11.1 Å². The minimum atomic E-state index is -0.570. The lowest BCUT2D eigenvalue weighted by Gasteiger charge is -2.12. The SMILES string of the molecule is N[C@@H](Cc1ccccc1)C(=O)NCCc1cccc(F)c1. The van der Waals surface area contributed by atoms with E-state index in [0.717, 1.165) is 11.1 Å². The zero-order valence-electron chi connectivity index (χ0n) is 11.8. The molecule has 0 saturated heterocycles. The van der Waals surface area contributed by atoms with Gasteiger partial charge in [-0.2, -0.15) is 0 Å². The van der Waals surface area contributed by atoms with Gasteiger partial charge in [-0.1, -0.05) is 42.5 Å². The van der Waals surface area contributed by atoms with E-state index in [9.17, 15) is 9.18 Å². The van der Waals surface area contributed by atoms with E-state index < -0.39 is 6.04 Å². The molecule has 0 bridgehead atoms. The summed E-state index contributed by atoms with van der Waals surface area (Å²) in [6.45, 7) is 0.449. The third-order valence-corrected chi connectivity index (χ3v) is 3.24. The van der Waals surface area contributed by atoms with Crippen LogP contribution < -0.4 is 11.1 Å². The van der Waals surface area contributed by atoms with E-state index in [1.807, 2.05) is 36.4 Å². The molecule has 0 aromatic heterocycles. The fraction of sp³-hybridized carbons (Fsp3) is 0.235. The van der Waals surface area contributed by atoms with E-state index in [1.54, 1.807) is 6.07 Å². The first-order chi connectivity index (χ1) is 10.1. The van der Waals surface area contributed by atoms with Crippen LogP contribution in [0.25, 0.3) is 0 Å². The number of carbonyl (C=O) groups is 1. The third kappa shape index (κ3) is 5.00. The molecule has 21 heavy (non-hydrogen) atoms. The predicted octanol–water partition coefficient (Wildman–Crippen LogP) is 2.05. The highest BCUT2D eigenvalue weighted by molar-refractivity contribution is 5.81. The number of hydrogen-bond acceptors (Lipinski definition) is 2. The highest BCUT2D eigenvalue weighted by Gasteiger charge is 2.13. The summed E-state index contributed by atoms with van der Waals surface area (Å²) in [5.41, 5.74) is 7.77. The molecule has 3 nitrogen and oxygen atoms in total. The van der Waals surface area contributed by atoms with Gasteiger partial charge < -0.3 is 11.1 Å². The van der Waals surface area contributed by atoms with E-state index in [2.05, 4.69) is 5.32 Å². The lowest BCUT2D eigenvalue weighted by molar-refractivity contribution is -0.122. The molecule has 4 heteroatoms. The van der Waals surface area contributed by atoms with Gasteiger partial charge in [-0.05, 0) is 36.1 Å². The second-order valence-corrected chi connectivity index (χ2v) is 4.97. The molecule has 0 aliphatic heterocycles. The van der Waals surface area contributed by atoms with Crippen molar-refractivity contribution >= 4 is 5.91 Å². The van der Waals surface area contributed by atoms with Crippen molar-refractivity contribution in [1.82, 2.24) is 5.32 Å². The second kappa shape index (κ2) is 7.55. The first-order valence-electron chi connectivity index (χ1n) is 6.97. The normalized spacial score (nSPS) is 11.9.